The zero-order valence-corrected chi connectivity index (χ0v) is 10.6. The lowest BCUT2D eigenvalue weighted by molar-refractivity contribution is -0.133. The number of amides is 1. The quantitative estimate of drug-likeness (QED) is 0.878. The van der Waals surface area contributed by atoms with Crippen LogP contribution >= 0.6 is 0 Å². The topological polar surface area (TPSA) is 41.6 Å². The monoisotopic (exact) mass is 264 g/mol. The van der Waals surface area contributed by atoms with Crippen LogP contribution in [0.5, 0.6) is 0 Å². The maximum atomic E-state index is 13.0. The lowest BCUT2D eigenvalue weighted by Crippen LogP contribution is -2.44. The van der Waals surface area contributed by atoms with Crippen molar-refractivity contribution in [3.8, 4) is 0 Å². The zero-order valence-electron chi connectivity index (χ0n) is 10.6. The van der Waals surface area contributed by atoms with Gasteiger partial charge in [0.15, 0.2) is 0 Å². The average molecular weight is 264 g/mol. The number of carbonyl (C=O) groups excluding carboxylic acids is 1. The predicted octanol–water partition coefficient (Wildman–Crippen LogP) is 1.44. The second kappa shape index (κ2) is 5.27. The highest BCUT2D eigenvalue weighted by atomic mass is 19.1. The second-order valence-corrected chi connectivity index (χ2v) is 5.01. The van der Waals surface area contributed by atoms with Crippen molar-refractivity contribution < 1.29 is 13.9 Å². The smallest absolute Gasteiger partial charge is 0.238 e. The third-order valence-corrected chi connectivity index (χ3v) is 3.73. The van der Waals surface area contributed by atoms with Crippen LogP contribution in [-0.4, -0.2) is 36.6 Å². The summed E-state index contributed by atoms with van der Waals surface area (Å²) in [6.45, 7) is 1.69. The molecule has 102 valence electrons. The summed E-state index contributed by atoms with van der Waals surface area (Å²) >= 11 is 0. The SMILES string of the molecule is O=C1CNC(c2ccc(F)cc2)N1C1CCCOC1. The molecule has 2 atom stereocenters. The van der Waals surface area contributed by atoms with Crippen molar-refractivity contribution in [2.45, 2.75) is 25.0 Å². The molecule has 2 fully saturated rings. The van der Waals surface area contributed by atoms with E-state index in [1.54, 1.807) is 12.1 Å². The van der Waals surface area contributed by atoms with E-state index in [9.17, 15) is 9.18 Å². The van der Waals surface area contributed by atoms with Gasteiger partial charge in [-0.15, -0.1) is 0 Å². The molecule has 0 spiro atoms. The number of hydrogen-bond donors (Lipinski definition) is 1. The Hall–Kier alpha value is -1.46. The van der Waals surface area contributed by atoms with Gasteiger partial charge in [0.1, 0.15) is 12.0 Å². The minimum Gasteiger partial charge on any atom is -0.379 e. The molecule has 3 rings (SSSR count). The Morgan fingerprint density at radius 1 is 1.32 bits per heavy atom. The van der Waals surface area contributed by atoms with Gasteiger partial charge in [0.05, 0.1) is 19.2 Å². The van der Waals surface area contributed by atoms with E-state index < -0.39 is 0 Å². The van der Waals surface area contributed by atoms with Crippen molar-refractivity contribution in [3.63, 3.8) is 0 Å². The molecular weight excluding hydrogens is 247 g/mol. The first kappa shape index (κ1) is 12.6. The first-order chi connectivity index (χ1) is 9.25. The minimum absolute atomic E-state index is 0.0878. The molecule has 1 aromatic rings. The molecule has 0 aliphatic carbocycles. The molecule has 0 bridgehead atoms. The Morgan fingerprint density at radius 2 is 2.11 bits per heavy atom. The molecule has 4 nitrogen and oxygen atoms in total. The fourth-order valence-electron chi connectivity index (χ4n) is 2.80. The van der Waals surface area contributed by atoms with Gasteiger partial charge in [-0.05, 0) is 30.5 Å². The Kier molecular flexibility index (Phi) is 3.48. The van der Waals surface area contributed by atoms with Gasteiger partial charge in [0.25, 0.3) is 0 Å². The van der Waals surface area contributed by atoms with E-state index >= 15 is 0 Å². The second-order valence-electron chi connectivity index (χ2n) is 5.01. The summed E-state index contributed by atoms with van der Waals surface area (Å²) in [6, 6.07) is 6.42. The fourth-order valence-corrected chi connectivity index (χ4v) is 2.80. The van der Waals surface area contributed by atoms with Crippen molar-refractivity contribution in [1.82, 2.24) is 10.2 Å². The molecule has 1 N–H and O–H groups in total. The van der Waals surface area contributed by atoms with E-state index in [4.69, 9.17) is 4.74 Å². The third-order valence-electron chi connectivity index (χ3n) is 3.73. The molecule has 0 radical (unpaired) electrons. The van der Waals surface area contributed by atoms with E-state index in [-0.39, 0.29) is 23.9 Å². The molecule has 2 aliphatic rings. The summed E-state index contributed by atoms with van der Waals surface area (Å²) in [4.78, 5) is 13.9. The number of carbonyl (C=O) groups is 1. The van der Waals surface area contributed by atoms with Gasteiger partial charge < -0.3 is 9.64 Å². The highest BCUT2D eigenvalue weighted by Gasteiger charge is 2.37. The summed E-state index contributed by atoms with van der Waals surface area (Å²) in [6.07, 6.45) is 1.77. The standard InChI is InChI=1S/C14H17FN2O2/c15-11-5-3-10(4-6-11)14-16-8-13(18)17(14)12-2-1-7-19-9-12/h3-6,12,14,16H,1-2,7-9H2. The van der Waals surface area contributed by atoms with E-state index in [1.807, 2.05) is 4.90 Å². The highest BCUT2D eigenvalue weighted by molar-refractivity contribution is 5.81. The molecule has 0 aromatic heterocycles. The molecule has 1 aromatic carbocycles. The maximum absolute atomic E-state index is 13.0. The maximum Gasteiger partial charge on any atom is 0.238 e. The first-order valence-corrected chi connectivity index (χ1v) is 6.63. The Bertz CT molecular complexity index is 457. The molecule has 19 heavy (non-hydrogen) atoms. The van der Waals surface area contributed by atoms with Crippen LogP contribution < -0.4 is 5.32 Å². The summed E-state index contributed by atoms with van der Waals surface area (Å²) in [5.41, 5.74) is 0.915. The number of nitrogens with zero attached hydrogens (tertiary/aromatic N) is 1. The van der Waals surface area contributed by atoms with Gasteiger partial charge in [-0.2, -0.15) is 0 Å². The molecule has 2 unspecified atom stereocenters. The number of rotatable bonds is 2. The van der Waals surface area contributed by atoms with Crippen LogP contribution in [0.4, 0.5) is 4.39 Å². The summed E-state index contributed by atoms with van der Waals surface area (Å²) in [5, 5.41) is 3.19. The largest absolute Gasteiger partial charge is 0.379 e. The lowest BCUT2D eigenvalue weighted by atomic mass is 10.1. The van der Waals surface area contributed by atoms with Crippen LogP contribution in [0.15, 0.2) is 24.3 Å². The average Bonchev–Trinajstić information content (AvgIpc) is 2.82. The molecule has 5 heteroatoms. The molecule has 1 amide bonds. The number of nitrogens with one attached hydrogen (secondary N) is 1. The van der Waals surface area contributed by atoms with Crippen LogP contribution in [-0.2, 0) is 9.53 Å². The number of benzene rings is 1. The van der Waals surface area contributed by atoms with E-state index in [1.165, 1.54) is 12.1 Å². The van der Waals surface area contributed by atoms with Crippen molar-refractivity contribution in [2.24, 2.45) is 0 Å². The normalized spacial score (nSPS) is 27.8. The van der Waals surface area contributed by atoms with Gasteiger partial charge >= 0.3 is 0 Å². The van der Waals surface area contributed by atoms with Crippen molar-refractivity contribution in [1.29, 1.82) is 0 Å². The molecule has 2 heterocycles. The summed E-state index contributed by atoms with van der Waals surface area (Å²) in [7, 11) is 0. The van der Waals surface area contributed by atoms with Crippen LogP contribution in [0.3, 0.4) is 0 Å². The van der Waals surface area contributed by atoms with E-state index in [0.717, 1.165) is 25.0 Å². The molecule has 2 saturated heterocycles. The van der Waals surface area contributed by atoms with Gasteiger partial charge in [0.2, 0.25) is 5.91 Å². The van der Waals surface area contributed by atoms with Crippen molar-refractivity contribution in [3.05, 3.63) is 35.6 Å². The van der Waals surface area contributed by atoms with Crippen LogP contribution in [0.2, 0.25) is 0 Å². The van der Waals surface area contributed by atoms with Crippen molar-refractivity contribution >= 4 is 5.91 Å². The fraction of sp³-hybridized carbons (Fsp3) is 0.500. The number of hydrogen-bond acceptors (Lipinski definition) is 3. The van der Waals surface area contributed by atoms with Gasteiger partial charge in [-0.1, -0.05) is 12.1 Å². The van der Waals surface area contributed by atoms with Crippen molar-refractivity contribution in [2.75, 3.05) is 19.8 Å². The Morgan fingerprint density at radius 3 is 2.79 bits per heavy atom. The zero-order chi connectivity index (χ0) is 13.2. The number of ether oxygens (including phenoxy) is 1. The lowest BCUT2D eigenvalue weighted by Gasteiger charge is -2.35. The van der Waals surface area contributed by atoms with E-state index in [0.29, 0.717) is 13.2 Å². The van der Waals surface area contributed by atoms with Gasteiger partial charge in [-0.3, -0.25) is 10.1 Å². The molecule has 0 saturated carbocycles. The van der Waals surface area contributed by atoms with Gasteiger partial charge in [-0.25, -0.2) is 4.39 Å². The van der Waals surface area contributed by atoms with E-state index in [2.05, 4.69) is 5.32 Å². The van der Waals surface area contributed by atoms with Crippen LogP contribution in [0.1, 0.15) is 24.6 Å². The number of halogens is 1. The highest BCUT2D eigenvalue weighted by Crippen LogP contribution is 2.28. The third kappa shape index (κ3) is 2.48. The first-order valence-electron chi connectivity index (χ1n) is 6.63. The predicted molar refractivity (Wildman–Crippen MR) is 67.8 cm³/mol. The summed E-state index contributed by atoms with van der Waals surface area (Å²) in [5.74, 6) is -0.176. The molecular formula is C14H17FN2O2. The van der Waals surface area contributed by atoms with Gasteiger partial charge in [0, 0.05) is 6.61 Å². The van der Waals surface area contributed by atoms with Crippen LogP contribution in [0.25, 0.3) is 0 Å². The Balaban J connectivity index is 1.83. The molecule has 2 aliphatic heterocycles. The Labute approximate surface area is 111 Å². The summed E-state index contributed by atoms with van der Waals surface area (Å²) < 4.78 is 18.4. The van der Waals surface area contributed by atoms with Crippen LogP contribution in [0, 0.1) is 5.82 Å². The minimum atomic E-state index is -0.263.